The van der Waals surface area contributed by atoms with Crippen molar-refractivity contribution in [3.63, 3.8) is 0 Å². The Hall–Kier alpha value is -2.85. The van der Waals surface area contributed by atoms with E-state index in [1.165, 1.54) is 12.8 Å². The zero-order valence-corrected chi connectivity index (χ0v) is 34.4. The van der Waals surface area contributed by atoms with Crippen LogP contribution in [0.4, 0.5) is 22.8 Å². The molecule has 6 N–H and O–H groups in total. The summed E-state index contributed by atoms with van der Waals surface area (Å²) in [5.41, 5.74) is 2.56. The van der Waals surface area contributed by atoms with Crippen LogP contribution in [-0.2, 0) is 28.7 Å². The molecule has 0 radical (unpaired) electrons. The Morgan fingerprint density at radius 2 is 0.981 bits per heavy atom. The molecule has 0 aromatic carbocycles. The Kier molecular flexibility index (Phi) is 33.8. The van der Waals surface area contributed by atoms with E-state index in [-0.39, 0.29) is 29.4 Å². The number of rotatable bonds is 19. The van der Waals surface area contributed by atoms with Crippen LogP contribution in [0, 0.1) is 0 Å². The fraction of sp³-hybridized carbons (Fsp3) is 0.829. The molecule has 0 heterocycles. The average molecular weight is 815 g/mol. The number of quaternary nitrogens is 1. The first kappa shape index (κ1) is 56.9. The molecule has 0 rings (SSSR count). The summed E-state index contributed by atoms with van der Waals surface area (Å²) in [5, 5.41) is 22.7. The summed E-state index contributed by atoms with van der Waals surface area (Å²) >= 11 is 10.9. The number of halogens is 5. The molecule has 0 aromatic rings. The number of carbonyl (C=O) groups is 6. The van der Waals surface area contributed by atoms with Gasteiger partial charge in [0.25, 0.3) is 0 Å². The van der Waals surface area contributed by atoms with E-state index in [1.807, 2.05) is 6.92 Å². The first-order valence-electron chi connectivity index (χ1n) is 17.7. The molecule has 314 valence electrons. The first-order chi connectivity index (χ1) is 24.2. The van der Waals surface area contributed by atoms with Crippen LogP contribution in [-0.4, -0.2) is 88.1 Å². The van der Waals surface area contributed by atoms with E-state index in [4.69, 9.17) is 47.7 Å². The van der Waals surface area contributed by atoms with Crippen LogP contribution in [0.1, 0.15) is 139 Å². The molecule has 0 aliphatic carbocycles. The van der Waals surface area contributed by atoms with E-state index in [1.54, 1.807) is 41.5 Å². The molecule has 0 aromatic heterocycles. The molecule has 53 heavy (non-hydrogen) atoms. The number of unbranched alkanes of at least 4 members (excludes halogenated alkanes) is 6. The van der Waals surface area contributed by atoms with Gasteiger partial charge in [-0.25, -0.2) is 14.4 Å². The molecule has 3 atom stereocenters. The highest BCUT2D eigenvalue weighted by atomic mass is 35.5. The lowest BCUT2D eigenvalue weighted by Crippen LogP contribution is -2.65. The molecule has 0 spiro atoms. The summed E-state index contributed by atoms with van der Waals surface area (Å²) < 4.78 is 41.7. The normalized spacial score (nSPS) is 12.7. The Morgan fingerprint density at radius 1 is 0.660 bits per heavy atom. The van der Waals surface area contributed by atoms with E-state index in [9.17, 15) is 37.1 Å². The number of alkyl halides is 5. The number of ether oxygens (including phenoxy) is 2. The Labute approximate surface area is 322 Å². The van der Waals surface area contributed by atoms with E-state index in [0.29, 0.717) is 12.8 Å². The quantitative estimate of drug-likeness (QED) is 0.0869. The lowest BCUT2D eigenvalue weighted by atomic mass is 10.1. The van der Waals surface area contributed by atoms with Crippen molar-refractivity contribution in [1.82, 2.24) is 10.6 Å². The number of carboxylic acids is 2. The second-order valence-electron chi connectivity index (χ2n) is 13.9. The summed E-state index contributed by atoms with van der Waals surface area (Å²) in [6.45, 7) is 16.8. The van der Waals surface area contributed by atoms with Crippen LogP contribution in [0.2, 0.25) is 0 Å². The highest BCUT2D eigenvalue weighted by Crippen LogP contribution is 2.12. The number of amides is 2. The number of ketones is 2. The predicted molar refractivity (Wildman–Crippen MR) is 196 cm³/mol. The molecular weight excluding hydrogens is 750 g/mol. The van der Waals surface area contributed by atoms with Gasteiger partial charge >= 0.3 is 24.3 Å². The maximum Gasteiger partial charge on any atom is 0.430 e. The molecular formula is C35H64Cl2F3N3O10. The summed E-state index contributed by atoms with van der Waals surface area (Å²) in [6, 6.07) is -1.49. The number of Topliss-reactive ketones (excluding diaryl/α,β-unsaturated/α-hetero) is 2. The lowest BCUT2D eigenvalue weighted by Gasteiger charge is -2.22. The molecule has 18 heteroatoms. The molecule has 0 aliphatic rings. The van der Waals surface area contributed by atoms with Gasteiger partial charge < -0.3 is 40.8 Å². The largest absolute Gasteiger partial charge is 0.542 e. The van der Waals surface area contributed by atoms with Crippen molar-refractivity contribution in [1.29, 1.82) is 0 Å². The number of nitrogens with one attached hydrogen (secondary N) is 2. The van der Waals surface area contributed by atoms with Crippen molar-refractivity contribution >= 4 is 58.9 Å². The molecule has 0 fully saturated rings. The van der Waals surface area contributed by atoms with Gasteiger partial charge in [0.1, 0.15) is 29.3 Å². The molecule has 2 amide bonds. The maximum absolute atomic E-state index is 11.6. The predicted octanol–water partition coefficient (Wildman–Crippen LogP) is 6.10. The summed E-state index contributed by atoms with van der Waals surface area (Å²) in [5.74, 6) is -4.10. The van der Waals surface area contributed by atoms with Crippen molar-refractivity contribution in [3.8, 4) is 0 Å². The molecule has 0 saturated heterocycles. The van der Waals surface area contributed by atoms with Crippen LogP contribution >= 0.6 is 23.2 Å². The van der Waals surface area contributed by atoms with E-state index < -0.39 is 53.6 Å². The van der Waals surface area contributed by atoms with E-state index in [0.717, 1.165) is 51.4 Å². The zero-order valence-electron chi connectivity index (χ0n) is 32.8. The fourth-order valence-corrected chi connectivity index (χ4v) is 4.08. The fourth-order valence-electron chi connectivity index (χ4n) is 3.67. The van der Waals surface area contributed by atoms with Crippen LogP contribution < -0.4 is 21.5 Å². The van der Waals surface area contributed by atoms with Crippen molar-refractivity contribution in [2.75, 3.05) is 11.8 Å². The lowest BCUT2D eigenvalue weighted by molar-refractivity contribution is -0.404. The van der Waals surface area contributed by atoms with Gasteiger partial charge in [0.15, 0.2) is 5.78 Å². The number of hydrogen-bond donors (Lipinski definition) is 4. The Balaban J connectivity index is -0.000000318. The highest BCUT2D eigenvalue weighted by molar-refractivity contribution is 6.28. The molecule has 0 saturated carbocycles. The summed E-state index contributed by atoms with van der Waals surface area (Å²) in [4.78, 5) is 65.2. The third-order valence-corrected chi connectivity index (χ3v) is 6.89. The standard InChI is InChI=1S/C13H24ClNO3.C12H23NO4.C8H16ClNO.C2HF3O2/c1-5-6-7-8-10(11(16)9-14)15-12(17)18-13(2,3)4;1-5-6-7-8-9(10(14)15)13-11(16)17-12(2,3)4;1-2-3-4-5-7(10)8(11)6-9;3-2(4,5)1(6)7/h10H,5-9H2,1-4H3,(H,15,17);9H,5-8H2,1-4H3,(H,13,16)(H,14,15);7H,2-6,10H2,1H3;(H,6,7)/t10-;9-;7-;/m000./s1. The number of aliphatic carboxylic acids is 2. The van der Waals surface area contributed by atoms with E-state index >= 15 is 0 Å². The van der Waals surface area contributed by atoms with Crippen LogP contribution in [0.5, 0.6) is 0 Å². The highest BCUT2D eigenvalue weighted by Gasteiger charge is 2.29. The van der Waals surface area contributed by atoms with Gasteiger partial charge in [-0.2, -0.15) is 13.2 Å². The SMILES string of the molecule is CCCCC[C@H](NC(=O)OC(C)(C)C)C(=O)CCl.CCCCC[C@H](NC(=O)OC(C)(C)C)C(=O)O.CCCCC[C@H]([NH3+])C(=O)CCl.O=C([O-])C(F)(F)F. The molecule has 0 aliphatic heterocycles. The van der Waals surface area contributed by atoms with Gasteiger partial charge in [-0.05, 0) is 60.8 Å². The Morgan fingerprint density at radius 3 is 1.26 bits per heavy atom. The topological polar surface area (TPSA) is 216 Å². The second kappa shape index (κ2) is 31.5. The molecule has 13 nitrogen and oxygen atoms in total. The minimum absolute atomic E-state index is 0.0720. The van der Waals surface area contributed by atoms with Gasteiger partial charge in [-0.15, -0.1) is 23.2 Å². The molecule has 0 unspecified atom stereocenters. The number of carboxylic acid groups (broad SMARTS) is 2. The van der Waals surface area contributed by atoms with Gasteiger partial charge in [0.05, 0.1) is 17.8 Å². The number of carbonyl (C=O) groups excluding carboxylic acids is 5. The van der Waals surface area contributed by atoms with Crippen molar-refractivity contribution in [2.24, 2.45) is 0 Å². The van der Waals surface area contributed by atoms with Crippen molar-refractivity contribution < 1.29 is 67.4 Å². The van der Waals surface area contributed by atoms with E-state index in [2.05, 4.69) is 30.2 Å². The summed E-state index contributed by atoms with van der Waals surface area (Å²) in [6.07, 6.45) is 4.68. The van der Waals surface area contributed by atoms with Crippen LogP contribution in [0.15, 0.2) is 0 Å². The van der Waals surface area contributed by atoms with Crippen molar-refractivity contribution in [3.05, 3.63) is 0 Å². The molecule has 0 bridgehead atoms. The van der Waals surface area contributed by atoms with Gasteiger partial charge in [0, 0.05) is 6.42 Å². The number of alkyl carbamates (subject to hydrolysis) is 2. The minimum Gasteiger partial charge on any atom is -0.542 e. The van der Waals surface area contributed by atoms with Gasteiger partial charge in [0.2, 0.25) is 5.78 Å². The third kappa shape index (κ3) is 40.2. The monoisotopic (exact) mass is 813 g/mol. The Bertz CT molecular complexity index is 1050. The van der Waals surface area contributed by atoms with Crippen LogP contribution in [0.25, 0.3) is 0 Å². The zero-order chi connectivity index (χ0) is 42.4. The van der Waals surface area contributed by atoms with Gasteiger partial charge in [-0.3, -0.25) is 9.59 Å². The van der Waals surface area contributed by atoms with Gasteiger partial charge in [-0.1, -0.05) is 72.1 Å². The first-order valence-corrected chi connectivity index (χ1v) is 18.8. The number of hydrogen-bond acceptors (Lipinski definition) is 9. The second-order valence-corrected chi connectivity index (χ2v) is 14.4. The maximum atomic E-state index is 11.6. The third-order valence-electron chi connectivity index (χ3n) is 6.37. The van der Waals surface area contributed by atoms with Crippen molar-refractivity contribution in [2.45, 2.75) is 175 Å². The smallest absolute Gasteiger partial charge is 0.430 e. The summed E-state index contributed by atoms with van der Waals surface area (Å²) in [7, 11) is 0. The minimum atomic E-state index is -5.19. The van der Waals surface area contributed by atoms with Crippen LogP contribution in [0.3, 0.4) is 0 Å². The average Bonchev–Trinajstić information content (AvgIpc) is 3.02.